The van der Waals surface area contributed by atoms with E-state index in [0.717, 1.165) is 6.07 Å². The van der Waals surface area contributed by atoms with Crippen LogP contribution in [0.25, 0.3) is 0 Å². The number of carbonyl (C=O) groups is 1. The summed E-state index contributed by atoms with van der Waals surface area (Å²) in [5.74, 6) is -1.83. The summed E-state index contributed by atoms with van der Waals surface area (Å²) in [7, 11) is 0. The molecule has 3 N–H and O–H groups in total. The molecule has 0 unspecified atom stereocenters. The van der Waals surface area contributed by atoms with Gasteiger partial charge >= 0.3 is 0 Å². The summed E-state index contributed by atoms with van der Waals surface area (Å²) in [4.78, 5) is 11.8. The molecular weight excluding hydrogens is 322 g/mol. The van der Waals surface area contributed by atoms with Crippen molar-refractivity contribution < 1.29 is 18.0 Å². The third kappa shape index (κ3) is 2.99. The van der Waals surface area contributed by atoms with Crippen LogP contribution in [-0.2, 0) is 6.54 Å². The van der Waals surface area contributed by atoms with E-state index >= 15 is 0 Å². The molecular formula is C12H9BrF2N2O2. The van der Waals surface area contributed by atoms with Crippen LogP contribution in [0.4, 0.5) is 14.5 Å². The first-order valence-corrected chi connectivity index (χ1v) is 6.05. The summed E-state index contributed by atoms with van der Waals surface area (Å²) < 4.78 is 31.7. The Morgan fingerprint density at radius 1 is 1.32 bits per heavy atom. The summed E-state index contributed by atoms with van der Waals surface area (Å²) in [5, 5.41) is 2.29. The molecule has 1 aromatic carbocycles. The summed E-state index contributed by atoms with van der Waals surface area (Å²) >= 11 is 2.91. The van der Waals surface area contributed by atoms with Crippen molar-refractivity contribution in [2.45, 2.75) is 6.54 Å². The fourth-order valence-electron chi connectivity index (χ4n) is 1.41. The van der Waals surface area contributed by atoms with Crippen molar-refractivity contribution >= 4 is 27.5 Å². The molecule has 0 aliphatic rings. The van der Waals surface area contributed by atoms with Crippen LogP contribution in [0.5, 0.6) is 0 Å². The quantitative estimate of drug-likeness (QED) is 0.850. The van der Waals surface area contributed by atoms with Crippen LogP contribution in [-0.4, -0.2) is 5.91 Å². The molecule has 19 heavy (non-hydrogen) atoms. The molecule has 1 heterocycles. The molecule has 0 atom stereocenters. The molecule has 0 saturated heterocycles. The second-order valence-electron chi connectivity index (χ2n) is 3.67. The minimum absolute atomic E-state index is 0.000275. The van der Waals surface area contributed by atoms with Gasteiger partial charge in [0.2, 0.25) is 0 Å². The predicted molar refractivity (Wildman–Crippen MR) is 68.6 cm³/mol. The van der Waals surface area contributed by atoms with Gasteiger partial charge in [-0.2, -0.15) is 0 Å². The summed E-state index contributed by atoms with van der Waals surface area (Å²) in [6.07, 6.45) is 0. The van der Waals surface area contributed by atoms with Gasteiger partial charge < -0.3 is 15.5 Å². The molecule has 0 aliphatic heterocycles. The van der Waals surface area contributed by atoms with Crippen LogP contribution in [0.1, 0.15) is 16.3 Å². The third-order valence-electron chi connectivity index (χ3n) is 2.34. The van der Waals surface area contributed by atoms with E-state index in [0.29, 0.717) is 11.8 Å². The Hall–Kier alpha value is -1.73. The van der Waals surface area contributed by atoms with Gasteiger partial charge in [0, 0.05) is 6.07 Å². The highest BCUT2D eigenvalue weighted by atomic mass is 79.9. The van der Waals surface area contributed by atoms with Crippen molar-refractivity contribution in [1.82, 2.24) is 0 Å². The van der Waals surface area contributed by atoms with Crippen molar-refractivity contribution in [1.29, 1.82) is 0 Å². The van der Waals surface area contributed by atoms with E-state index in [9.17, 15) is 13.6 Å². The standard InChI is InChI=1S/C12H9BrF2N2O2/c13-7-3-10(9(15)4-8(7)14)17-12(18)11-2-1-6(5-16)19-11/h1-4H,5,16H2,(H,17,18). The maximum Gasteiger partial charge on any atom is 0.291 e. The number of rotatable bonds is 3. The minimum Gasteiger partial charge on any atom is -0.455 e. The van der Waals surface area contributed by atoms with Crippen LogP contribution >= 0.6 is 15.9 Å². The van der Waals surface area contributed by atoms with Crippen LogP contribution < -0.4 is 11.1 Å². The number of anilines is 1. The molecule has 2 aromatic rings. The molecule has 0 fully saturated rings. The van der Waals surface area contributed by atoms with E-state index in [1.165, 1.54) is 6.07 Å². The van der Waals surface area contributed by atoms with Gasteiger partial charge in [-0.3, -0.25) is 4.79 Å². The Balaban J connectivity index is 2.21. The summed E-state index contributed by atoms with van der Waals surface area (Å²) in [6, 6.07) is 4.78. The van der Waals surface area contributed by atoms with E-state index in [1.54, 1.807) is 6.07 Å². The lowest BCUT2D eigenvalue weighted by Gasteiger charge is -2.06. The topological polar surface area (TPSA) is 68.3 Å². The number of hydrogen-bond donors (Lipinski definition) is 2. The lowest BCUT2D eigenvalue weighted by molar-refractivity contribution is 0.0994. The highest BCUT2D eigenvalue weighted by Crippen LogP contribution is 2.24. The lowest BCUT2D eigenvalue weighted by atomic mass is 10.3. The summed E-state index contributed by atoms with van der Waals surface area (Å²) in [5.41, 5.74) is 5.19. The van der Waals surface area contributed by atoms with Crippen LogP contribution in [0.2, 0.25) is 0 Å². The molecule has 0 bridgehead atoms. The number of furan rings is 1. The lowest BCUT2D eigenvalue weighted by Crippen LogP contribution is -2.12. The zero-order valence-electron chi connectivity index (χ0n) is 9.54. The van der Waals surface area contributed by atoms with E-state index in [4.69, 9.17) is 10.2 Å². The van der Waals surface area contributed by atoms with Crippen LogP contribution in [0.3, 0.4) is 0 Å². The Morgan fingerprint density at radius 3 is 2.68 bits per heavy atom. The number of halogens is 3. The molecule has 1 amide bonds. The van der Waals surface area contributed by atoms with Gasteiger partial charge in [-0.1, -0.05) is 0 Å². The first-order valence-electron chi connectivity index (χ1n) is 5.26. The number of hydrogen-bond acceptors (Lipinski definition) is 3. The van der Waals surface area contributed by atoms with E-state index in [1.807, 2.05) is 0 Å². The number of carbonyl (C=O) groups excluding carboxylic acids is 1. The van der Waals surface area contributed by atoms with Crippen molar-refractivity contribution in [3.05, 3.63) is 51.9 Å². The number of amides is 1. The smallest absolute Gasteiger partial charge is 0.291 e. The largest absolute Gasteiger partial charge is 0.455 e. The van der Waals surface area contributed by atoms with Crippen molar-refractivity contribution in [2.24, 2.45) is 5.73 Å². The van der Waals surface area contributed by atoms with Crippen molar-refractivity contribution in [2.75, 3.05) is 5.32 Å². The van der Waals surface area contributed by atoms with E-state index in [2.05, 4.69) is 21.2 Å². The maximum absolute atomic E-state index is 13.5. The highest BCUT2D eigenvalue weighted by molar-refractivity contribution is 9.10. The van der Waals surface area contributed by atoms with Crippen molar-refractivity contribution in [3.63, 3.8) is 0 Å². The van der Waals surface area contributed by atoms with E-state index < -0.39 is 17.5 Å². The molecule has 2 rings (SSSR count). The maximum atomic E-state index is 13.5. The van der Waals surface area contributed by atoms with Gasteiger partial charge in [0.25, 0.3) is 5.91 Å². The Kier molecular flexibility index (Phi) is 3.96. The van der Waals surface area contributed by atoms with Gasteiger partial charge in [0.1, 0.15) is 17.4 Å². The normalized spacial score (nSPS) is 10.5. The molecule has 0 saturated carbocycles. The second kappa shape index (κ2) is 5.50. The monoisotopic (exact) mass is 330 g/mol. The Labute approximate surface area is 115 Å². The van der Waals surface area contributed by atoms with Crippen molar-refractivity contribution in [3.8, 4) is 0 Å². The van der Waals surface area contributed by atoms with Crippen LogP contribution in [0.15, 0.2) is 33.2 Å². The highest BCUT2D eigenvalue weighted by Gasteiger charge is 2.15. The minimum atomic E-state index is -0.875. The second-order valence-corrected chi connectivity index (χ2v) is 4.52. The molecule has 1 aromatic heterocycles. The fraction of sp³-hybridized carbons (Fsp3) is 0.0833. The average Bonchev–Trinajstić information content (AvgIpc) is 2.84. The van der Waals surface area contributed by atoms with Crippen LogP contribution in [0, 0.1) is 11.6 Å². The molecule has 0 aliphatic carbocycles. The van der Waals surface area contributed by atoms with E-state index in [-0.39, 0.29) is 22.5 Å². The molecule has 4 nitrogen and oxygen atoms in total. The predicted octanol–water partition coefficient (Wildman–Crippen LogP) is 3.03. The van der Waals surface area contributed by atoms with Gasteiger partial charge in [-0.25, -0.2) is 8.78 Å². The Bertz CT molecular complexity index is 628. The SMILES string of the molecule is NCc1ccc(C(=O)Nc2cc(Br)c(F)cc2F)o1. The first kappa shape index (κ1) is 13.7. The van der Waals surface area contributed by atoms with Gasteiger partial charge in [-0.05, 0) is 34.1 Å². The average molecular weight is 331 g/mol. The first-order chi connectivity index (χ1) is 9.01. The summed E-state index contributed by atoms with van der Waals surface area (Å²) in [6.45, 7) is 0.156. The Morgan fingerprint density at radius 2 is 2.05 bits per heavy atom. The van der Waals surface area contributed by atoms with Gasteiger partial charge in [0.15, 0.2) is 5.76 Å². The molecule has 100 valence electrons. The number of nitrogens with one attached hydrogen (secondary N) is 1. The zero-order valence-corrected chi connectivity index (χ0v) is 11.1. The fourth-order valence-corrected chi connectivity index (χ4v) is 1.76. The zero-order chi connectivity index (χ0) is 14.0. The number of nitrogens with two attached hydrogens (primary N) is 1. The molecule has 0 radical (unpaired) electrons. The van der Waals surface area contributed by atoms with Gasteiger partial charge in [-0.15, -0.1) is 0 Å². The molecule has 7 heteroatoms. The van der Waals surface area contributed by atoms with Gasteiger partial charge in [0.05, 0.1) is 16.7 Å². The number of benzene rings is 1. The molecule has 0 spiro atoms. The third-order valence-corrected chi connectivity index (χ3v) is 2.95.